The summed E-state index contributed by atoms with van der Waals surface area (Å²) in [6.07, 6.45) is 4.52. The third-order valence-electron chi connectivity index (χ3n) is 7.81. The Balaban J connectivity index is 1.41. The molecule has 0 amide bonds. The Bertz CT molecular complexity index is 1240. The number of fused-ring (bicyclic) bond motifs is 4. The third-order valence-corrected chi connectivity index (χ3v) is 8.96. The molecule has 4 heterocycles. The van der Waals surface area contributed by atoms with Crippen LogP contribution in [0.25, 0.3) is 10.2 Å². The quantitative estimate of drug-likeness (QED) is 0.588. The molecule has 0 bridgehead atoms. The van der Waals surface area contributed by atoms with Gasteiger partial charge in [0.05, 0.1) is 32.8 Å². The van der Waals surface area contributed by atoms with E-state index in [2.05, 4.69) is 24.0 Å². The van der Waals surface area contributed by atoms with E-state index in [-0.39, 0.29) is 0 Å². The predicted molar refractivity (Wildman–Crippen MR) is 138 cm³/mol. The molecule has 0 unspecified atom stereocenters. The van der Waals surface area contributed by atoms with Gasteiger partial charge in [0.15, 0.2) is 17.3 Å². The summed E-state index contributed by atoms with van der Waals surface area (Å²) in [5.41, 5.74) is 4.13. The highest BCUT2D eigenvalue weighted by molar-refractivity contribution is 7.19. The highest BCUT2D eigenvalue weighted by Gasteiger charge is 2.29. The van der Waals surface area contributed by atoms with E-state index < -0.39 is 0 Å². The summed E-state index contributed by atoms with van der Waals surface area (Å²) in [5, 5.41) is 1.31. The van der Waals surface area contributed by atoms with Gasteiger partial charge in [-0.3, -0.25) is 0 Å². The molecule has 35 heavy (non-hydrogen) atoms. The first-order valence-electron chi connectivity index (χ1n) is 12.8. The standard InChI is InChI=1S/C27H34N4O3S/c1-17-4-5-20-23(12-17)35-27-25(20)26(28-24(29-27)16-30-8-10-34-11-9-30)31-7-6-18-13-21(32-2)22(33-3)14-19(18)15-31/h13-14,17H,4-12,15-16H2,1-3H3/p+1/t17-/m1/s1. The lowest BCUT2D eigenvalue weighted by Gasteiger charge is -2.32. The number of hydrogen-bond acceptors (Lipinski definition) is 7. The van der Waals surface area contributed by atoms with Crippen molar-refractivity contribution in [2.45, 2.75) is 45.7 Å². The smallest absolute Gasteiger partial charge is 0.187 e. The van der Waals surface area contributed by atoms with Gasteiger partial charge in [-0.25, -0.2) is 9.97 Å². The van der Waals surface area contributed by atoms with Crippen LogP contribution >= 0.6 is 11.3 Å². The van der Waals surface area contributed by atoms with Gasteiger partial charge in [-0.15, -0.1) is 11.3 Å². The first-order valence-corrected chi connectivity index (χ1v) is 13.7. The number of rotatable bonds is 5. The van der Waals surface area contributed by atoms with E-state index in [1.54, 1.807) is 14.2 Å². The predicted octanol–water partition coefficient (Wildman–Crippen LogP) is 2.81. The molecule has 3 aliphatic rings. The average Bonchev–Trinajstić information content (AvgIpc) is 3.24. The van der Waals surface area contributed by atoms with Crippen LogP contribution in [0.5, 0.6) is 11.5 Å². The van der Waals surface area contributed by atoms with E-state index in [0.717, 1.165) is 87.8 Å². The highest BCUT2D eigenvalue weighted by atomic mass is 32.1. The van der Waals surface area contributed by atoms with Crippen molar-refractivity contribution in [3.05, 3.63) is 39.5 Å². The molecule has 3 aromatic rings. The Hall–Kier alpha value is -2.42. The van der Waals surface area contributed by atoms with Crippen LogP contribution in [0.2, 0.25) is 0 Å². The van der Waals surface area contributed by atoms with E-state index in [4.69, 9.17) is 24.2 Å². The fourth-order valence-electron chi connectivity index (χ4n) is 5.80. The van der Waals surface area contributed by atoms with Gasteiger partial charge in [-0.05, 0) is 60.4 Å². The molecule has 1 fully saturated rings. The average molecular weight is 496 g/mol. The topological polar surface area (TPSA) is 61.2 Å². The summed E-state index contributed by atoms with van der Waals surface area (Å²) in [6, 6.07) is 4.28. The Morgan fingerprint density at radius 3 is 2.63 bits per heavy atom. The number of thiophene rings is 1. The largest absolute Gasteiger partial charge is 0.493 e. The van der Waals surface area contributed by atoms with E-state index in [9.17, 15) is 0 Å². The third kappa shape index (κ3) is 4.36. The number of aryl methyl sites for hydroxylation is 1. The maximum atomic E-state index is 5.61. The Morgan fingerprint density at radius 1 is 1.09 bits per heavy atom. The minimum atomic E-state index is 0.744. The molecule has 1 saturated heterocycles. The van der Waals surface area contributed by atoms with Crippen molar-refractivity contribution in [1.29, 1.82) is 0 Å². The van der Waals surface area contributed by atoms with E-state index in [0.29, 0.717) is 0 Å². The molecule has 0 saturated carbocycles. The number of nitrogens with zero attached hydrogens (tertiary/aromatic N) is 3. The molecule has 2 aromatic heterocycles. The number of hydrogen-bond donors (Lipinski definition) is 1. The number of benzene rings is 1. The van der Waals surface area contributed by atoms with Gasteiger partial charge in [0.25, 0.3) is 0 Å². The number of anilines is 1. The number of aromatic nitrogens is 2. The molecule has 1 N–H and O–H groups in total. The Labute approximate surface area is 211 Å². The summed E-state index contributed by atoms with van der Waals surface area (Å²) in [6.45, 7) is 8.69. The number of ether oxygens (including phenoxy) is 3. The molecule has 0 spiro atoms. The summed E-state index contributed by atoms with van der Waals surface area (Å²) < 4.78 is 16.7. The van der Waals surface area contributed by atoms with Gasteiger partial charge in [0.1, 0.15) is 30.3 Å². The minimum Gasteiger partial charge on any atom is -0.493 e. The monoisotopic (exact) mass is 495 g/mol. The molecule has 0 radical (unpaired) electrons. The molecule has 1 aliphatic carbocycles. The minimum absolute atomic E-state index is 0.744. The Morgan fingerprint density at radius 2 is 1.86 bits per heavy atom. The Kier molecular flexibility index (Phi) is 6.28. The lowest BCUT2D eigenvalue weighted by atomic mass is 9.89. The lowest BCUT2D eigenvalue weighted by molar-refractivity contribution is -0.922. The van der Waals surface area contributed by atoms with Crippen molar-refractivity contribution in [3.63, 3.8) is 0 Å². The molecule has 7 nitrogen and oxygen atoms in total. The molecule has 6 rings (SSSR count). The number of morpholine rings is 1. The van der Waals surface area contributed by atoms with Gasteiger partial charge >= 0.3 is 0 Å². The first kappa shape index (κ1) is 23.0. The maximum Gasteiger partial charge on any atom is 0.187 e. The van der Waals surface area contributed by atoms with Gasteiger partial charge in [-0.2, -0.15) is 0 Å². The number of quaternary nitrogens is 1. The number of methoxy groups -OCH3 is 2. The SMILES string of the molecule is COc1cc2c(cc1OC)CN(c1nc(C[NH+]3CCOCC3)nc3sc4c(c13)CC[C@@H](C)C4)CC2. The van der Waals surface area contributed by atoms with Gasteiger partial charge in [0.2, 0.25) is 0 Å². The van der Waals surface area contributed by atoms with Gasteiger partial charge in [0, 0.05) is 18.0 Å². The van der Waals surface area contributed by atoms with Crippen LogP contribution in [0.3, 0.4) is 0 Å². The second-order valence-corrected chi connectivity index (χ2v) is 11.3. The summed E-state index contributed by atoms with van der Waals surface area (Å²) in [4.78, 5) is 17.1. The molecule has 8 heteroatoms. The molecule has 1 atom stereocenters. The highest BCUT2D eigenvalue weighted by Crippen LogP contribution is 2.42. The summed E-state index contributed by atoms with van der Waals surface area (Å²) >= 11 is 1.91. The fourth-order valence-corrected chi connectivity index (χ4v) is 7.19. The lowest BCUT2D eigenvalue weighted by Crippen LogP contribution is -3.12. The van der Waals surface area contributed by atoms with Gasteiger partial charge in [-0.1, -0.05) is 6.92 Å². The fraction of sp³-hybridized carbons (Fsp3) is 0.556. The van der Waals surface area contributed by atoms with E-state index in [1.165, 1.54) is 49.5 Å². The van der Waals surface area contributed by atoms with Crippen LogP contribution in [-0.4, -0.2) is 57.0 Å². The zero-order chi connectivity index (χ0) is 23.9. The van der Waals surface area contributed by atoms with Crippen molar-refractivity contribution < 1.29 is 19.1 Å². The zero-order valence-corrected chi connectivity index (χ0v) is 21.8. The molecule has 2 aliphatic heterocycles. The first-order chi connectivity index (χ1) is 17.1. The van der Waals surface area contributed by atoms with Crippen LogP contribution in [0.4, 0.5) is 5.82 Å². The van der Waals surface area contributed by atoms with Crippen molar-refractivity contribution in [2.75, 3.05) is 52.0 Å². The summed E-state index contributed by atoms with van der Waals surface area (Å²) in [5.74, 6) is 4.44. The second kappa shape index (κ2) is 9.56. The number of nitrogens with one attached hydrogen (secondary N) is 1. The van der Waals surface area contributed by atoms with Gasteiger partial charge < -0.3 is 24.0 Å². The van der Waals surface area contributed by atoms with Crippen LogP contribution in [0, 0.1) is 5.92 Å². The van der Waals surface area contributed by atoms with E-state index in [1.807, 2.05) is 11.3 Å². The summed E-state index contributed by atoms with van der Waals surface area (Å²) in [7, 11) is 3.41. The maximum absolute atomic E-state index is 5.61. The second-order valence-electron chi connectivity index (χ2n) is 10.2. The normalized spacial score (nSPS) is 20.5. The van der Waals surface area contributed by atoms with Crippen molar-refractivity contribution >= 4 is 27.4 Å². The van der Waals surface area contributed by atoms with Crippen molar-refractivity contribution in [2.24, 2.45) is 5.92 Å². The van der Waals surface area contributed by atoms with Crippen molar-refractivity contribution in [1.82, 2.24) is 9.97 Å². The molecule has 186 valence electrons. The van der Waals surface area contributed by atoms with Crippen LogP contribution in [0.1, 0.15) is 40.7 Å². The van der Waals surface area contributed by atoms with Crippen LogP contribution in [0.15, 0.2) is 12.1 Å². The van der Waals surface area contributed by atoms with Crippen LogP contribution < -0.4 is 19.3 Å². The van der Waals surface area contributed by atoms with Crippen molar-refractivity contribution in [3.8, 4) is 11.5 Å². The molecular formula is C27H35N4O3S+. The molecular weight excluding hydrogens is 460 g/mol. The van der Waals surface area contributed by atoms with Crippen LogP contribution in [-0.2, 0) is 37.1 Å². The van der Waals surface area contributed by atoms with E-state index >= 15 is 0 Å². The molecule has 1 aromatic carbocycles. The zero-order valence-electron chi connectivity index (χ0n) is 21.0.